The zero-order valence-corrected chi connectivity index (χ0v) is 12.0. The molecule has 0 aliphatic rings. The molecule has 21 heavy (non-hydrogen) atoms. The molecule has 0 saturated carbocycles. The topological polar surface area (TPSA) is 83.5 Å². The molecule has 3 aromatic heterocycles. The second-order valence-electron chi connectivity index (χ2n) is 4.18. The van der Waals surface area contributed by atoms with Crippen LogP contribution in [-0.4, -0.2) is 34.5 Å². The highest BCUT2D eigenvalue weighted by Gasteiger charge is 2.10. The van der Waals surface area contributed by atoms with Gasteiger partial charge in [0, 0.05) is 18.9 Å². The first-order valence-corrected chi connectivity index (χ1v) is 6.74. The monoisotopic (exact) mass is 305 g/mol. The van der Waals surface area contributed by atoms with Crippen LogP contribution in [0.5, 0.6) is 11.8 Å². The van der Waals surface area contributed by atoms with Crippen LogP contribution in [0.2, 0.25) is 5.28 Å². The minimum atomic E-state index is 0.0338. The second-order valence-corrected chi connectivity index (χ2v) is 4.52. The minimum absolute atomic E-state index is 0.0338. The molecule has 0 unspecified atom stereocenters. The summed E-state index contributed by atoms with van der Waals surface area (Å²) in [5, 5.41) is 8.24. The molecule has 0 fully saturated rings. The normalized spacial score (nSPS) is 10.8. The fourth-order valence-electron chi connectivity index (χ4n) is 1.71. The van der Waals surface area contributed by atoms with Gasteiger partial charge in [-0.2, -0.15) is 25.1 Å². The van der Waals surface area contributed by atoms with Gasteiger partial charge in [-0.25, -0.2) is 4.68 Å². The van der Waals surface area contributed by atoms with Gasteiger partial charge in [0.2, 0.25) is 5.28 Å². The summed E-state index contributed by atoms with van der Waals surface area (Å²) in [4.78, 5) is 12.1. The highest BCUT2D eigenvalue weighted by atomic mass is 35.5. The summed E-state index contributed by atoms with van der Waals surface area (Å²) in [6, 6.07) is 1.85. The lowest BCUT2D eigenvalue weighted by atomic mass is 10.5. The molecule has 108 valence electrons. The number of aromatic nitrogens is 7. The Morgan fingerprint density at radius 1 is 1.24 bits per heavy atom. The van der Waals surface area contributed by atoms with Crippen molar-refractivity contribution in [3.8, 4) is 17.7 Å². The van der Waals surface area contributed by atoms with Crippen LogP contribution in [0.15, 0.2) is 30.9 Å². The van der Waals surface area contributed by atoms with E-state index in [1.807, 2.05) is 0 Å². The maximum Gasteiger partial charge on any atom is 0.328 e. The molecule has 0 saturated heterocycles. The van der Waals surface area contributed by atoms with E-state index in [1.54, 1.807) is 35.5 Å². The average Bonchev–Trinajstić information content (AvgIpc) is 3.10. The lowest BCUT2D eigenvalue weighted by molar-refractivity contribution is 0.436. The van der Waals surface area contributed by atoms with Gasteiger partial charge in [0.05, 0.1) is 12.4 Å². The van der Waals surface area contributed by atoms with E-state index in [2.05, 4.69) is 32.1 Å². The van der Waals surface area contributed by atoms with E-state index in [-0.39, 0.29) is 17.2 Å². The zero-order chi connectivity index (χ0) is 14.7. The average molecular weight is 306 g/mol. The Hall–Kier alpha value is -2.48. The first-order chi connectivity index (χ1) is 10.2. The van der Waals surface area contributed by atoms with Crippen LogP contribution in [0.3, 0.4) is 0 Å². The number of ether oxygens (including phenoxy) is 1. The number of nitrogens with zero attached hydrogens (tertiary/aromatic N) is 7. The van der Waals surface area contributed by atoms with Crippen LogP contribution in [0, 0.1) is 0 Å². The maximum atomic E-state index is 5.88. The Kier molecular flexibility index (Phi) is 3.78. The Morgan fingerprint density at radius 3 is 2.90 bits per heavy atom. The lowest BCUT2D eigenvalue weighted by Crippen LogP contribution is -2.04. The first kappa shape index (κ1) is 13.5. The van der Waals surface area contributed by atoms with Crippen molar-refractivity contribution in [2.24, 2.45) is 0 Å². The van der Waals surface area contributed by atoms with Crippen LogP contribution in [0.25, 0.3) is 5.95 Å². The fourth-order valence-corrected chi connectivity index (χ4v) is 1.86. The van der Waals surface area contributed by atoms with Crippen LogP contribution < -0.4 is 4.74 Å². The van der Waals surface area contributed by atoms with Crippen molar-refractivity contribution in [1.82, 2.24) is 34.5 Å². The Balaban J connectivity index is 1.84. The predicted octanol–water partition coefficient (Wildman–Crippen LogP) is 2.11. The quantitative estimate of drug-likeness (QED) is 0.718. The standard InChI is InChI=1S/C12H12ClN7O/c1-2-5-19-8-9(7-15-19)21-12-17-10(13)16-11(18-12)20-6-3-4-14-20/h3-4,6-8H,2,5H2,1H3. The molecule has 0 aliphatic heterocycles. The summed E-state index contributed by atoms with van der Waals surface area (Å²) in [6.07, 6.45) is 7.68. The smallest absolute Gasteiger partial charge is 0.328 e. The molecule has 8 nitrogen and oxygen atoms in total. The summed E-state index contributed by atoms with van der Waals surface area (Å²) in [5.74, 6) is 0.827. The Morgan fingerprint density at radius 2 is 2.14 bits per heavy atom. The molecule has 0 spiro atoms. The van der Waals surface area contributed by atoms with E-state index in [0.29, 0.717) is 5.75 Å². The van der Waals surface area contributed by atoms with Gasteiger partial charge in [0.15, 0.2) is 5.75 Å². The molecule has 0 aliphatic carbocycles. The van der Waals surface area contributed by atoms with Gasteiger partial charge in [0.25, 0.3) is 5.95 Å². The Labute approximate surface area is 125 Å². The van der Waals surface area contributed by atoms with E-state index in [1.165, 1.54) is 4.68 Å². The number of aryl methyl sites for hydroxylation is 1. The Bertz CT molecular complexity index is 725. The van der Waals surface area contributed by atoms with E-state index in [0.717, 1.165) is 13.0 Å². The van der Waals surface area contributed by atoms with Crippen molar-refractivity contribution in [2.45, 2.75) is 19.9 Å². The molecular weight excluding hydrogens is 294 g/mol. The van der Waals surface area contributed by atoms with Crippen molar-refractivity contribution < 1.29 is 4.74 Å². The molecule has 3 heterocycles. The number of rotatable bonds is 5. The number of halogens is 1. The molecule has 0 aromatic carbocycles. The summed E-state index contributed by atoms with van der Waals surface area (Å²) in [6.45, 7) is 2.89. The fraction of sp³-hybridized carbons (Fsp3) is 0.250. The summed E-state index contributed by atoms with van der Waals surface area (Å²) < 4.78 is 8.81. The van der Waals surface area contributed by atoms with Gasteiger partial charge in [-0.15, -0.1) is 0 Å². The molecule has 0 atom stereocenters. The van der Waals surface area contributed by atoms with E-state index >= 15 is 0 Å². The largest absolute Gasteiger partial charge is 0.421 e. The molecule has 3 aromatic rings. The van der Waals surface area contributed by atoms with Crippen LogP contribution in [0.1, 0.15) is 13.3 Å². The second kappa shape index (κ2) is 5.88. The first-order valence-electron chi connectivity index (χ1n) is 6.36. The third-order valence-corrected chi connectivity index (χ3v) is 2.73. The molecule has 0 bridgehead atoms. The summed E-state index contributed by atoms with van der Waals surface area (Å²) in [7, 11) is 0. The van der Waals surface area contributed by atoms with Gasteiger partial charge < -0.3 is 4.74 Å². The van der Waals surface area contributed by atoms with Crippen LogP contribution in [0.4, 0.5) is 0 Å². The summed E-state index contributed by atoms with van der Waals surface area (Å²) >= 11 is 5.88. The maximum absolute atomic E-state index is 5.88. The van der Waals surface area contributed by atoms with Gasteiger partial charge in [-0.3, -0.25) is 4.68 Å². The molecule has 0 radical (unpaired) electrons. The van der Waals surface area contributed by atoms with Crippen molar-refractivity contribution >= 4 is 11.6 Å². The van der Waals surface area contributed by atoms with E-state index in [9.17, 15) is 0 Å². The van der Waals surface area contributed by atoms with Crippen molar-refractivity contribution in [3.05, 3.63) is 36.1 Å². The molecule has 9 heteroatoms. The highest BCUT2D eigenvalue weighted by Crippen LogP contribution is 2.18. The zero-order valence-electron chi connectivity index (χ0n) is 11.2. The third kappa shape index (κ3) is 3.16. The van der Waals surface area contributed by atoms with E-state index in [4.69, 9.17) is 16.3 Å². The highest BCUT2D eigenvalue weighted by molar-refractivity contribution is 6.28. The summed E-state index contributed by atoms with van der Waals surface area (Å²) in [5.41, 5.74) is 0. The van der Waals surface area contributed by atoms with Gasteiger partial charge in [-0.1, -0.05) is 6.92 Å². The molecule has 3 rings (SSSR count). The van der Waals surface area contributed by atoms with Gasteiger partial charge in [0.1, 0.15) is 0 Å². The van der Waals surface area contributed by atoms with Crippen molar-refractivity contribution in [1.29, 1.82) is 0 Å². The van der Waals surface area contributed by atoms with Crippen molar-refractivity contribution in [2.75, 3.05) is 0 Å². The number of hydrogen-bond donors (Lipinski definition) is 0. The molecular formula is C12H12ClN7O. The lowest BCUT2D eigenvalue weighted by Gasteiger charge is -2.03. The molecule has 0 amide bonds. The third-order valence-electron chi connectivity index (χ3n) is 2.56. The van der Waals surface area contributed by atoms with Crippen LogP contribution in [-0.2, 0) is 6.54 Å². The number of hydrogen-bond acceptors (Lipinski definition) is 6. The predicted molar refractivity (Wildman–Crippen MR) is 74.6 cm³/mol. The van der Waals surface area contributed by atoms with Crippen molar-refractivity contribution in [3.63, 3.8) is 0 Å². The van der Waals surface area contributed by atoms with Gasteiger partial charge >= 0.3 is 6.01 Å². The van der Waals surface area contributed by atoms with Crippen LogP contribution >= 0.6 is 11.6 Å². The SMILES string of the molecule is CCCn1cc(Oc2nc(Cl)nc(-n3cccn3)n2)cn1. The van der Waals surface area contributed by atoms with E-state index < -0.39 is 0 Å². The molecule has 0 N–H and O–H groups in total. The minimum Gasteiger partial charge on any atom is -0.421 e. The van der Waals surface area contributed by atoms with Gasteiger partial charge in [-0.05, 0) is 24.1 Å².